The van der Waals surface area contributed by atoms with Gasteiger partial charge in [-0.3, -0.25) is 9.59 Å². The van der Waals surface area contributed by atoms with E-state index < -0.39 is 40.5 Å². The van der Waals surface area contributed by atoms with Crippen LogP contribution in [0.4, 0.5) is 0 Å². The Labute approximate surface area is 204 Å². The first kappa shape index (κ1) is 25.8. The Bertz CT molecular complexity index is 1340. The predicted octanol–water partition coefficient (Wildman–Crippen LogP) is 2.62. The number of carbonyl (C=O) groups is 2. The van der Waals surface area contributed by atoms with Gasteiger partial charge in [0.05, 0.1) is 11.5 Å². The van der Waals surface area contributed by atoms with Crippen LogP contribution in [-0.4, -0.2) is 58.2 Å². The van der Waals surface area contributed by atoms with Crippen LogP contribution < -0.4 is 0 Å². The molecule has 10 nitrogen and oxygen atoms in total. The van der Waals surface area contributed by atoms with Gasteiger partial charge in [-0.15, -0.1) is 0 Å². The molecule has 0 aromatic heterocycles. The highest BCUT2D eigenvalue weighted by Crippen LogP contribution is 2.38. The number of carbonyl (C=O) groups excluding carboxylic acids is 2. The van der Waals surface area contributed by atoms with Crippen molar-refractivity contribution >= 4 is 11.6 Å². The summed E-state index contributed by atoms with van der Waals surface area (Å²) in [5, 5.41) is 74.8. The van der Waals surface area contributed by atoms with Gasteiger partial charge >= 0.3 is 0 Å². The third-order valence-corrected chi connectivity index (χ3v) is 5.22. The molecule has 3 aromatic rings. The van der Waals surface area contributed by atoms with E-state index >= 15 is 0 Å². The molecule has 0 amide bonds. The molecule has 0 saturated carbocycles. The number of benzene rings is 3. The Balaban J connectivity index is 0.000000201. The minimum Gasteiger partial charge on any atom is -0.508 e. The summed E-state index contributed by atoms with van der Waals surface area (Å²) in [4.78, 5) is 24.1. The minimum absolute atomic E-state index is 0.0162. The van der Waals surface area contributed by atoms with Crippen LogP contribution in [0.15, 0.2) is 84.7 Å². The van der Waals surface area contributed by atoms with E-state index in [0.29, 0.717) is 0 Å². The van der Waals surface area contributed by atoms with Gasteiger partial charge in [-0.25, -0.2) is 0 Å². The highest BCUT2D eigenvalue weighted by Gasteiger charge is 2.39. The molecule has 3 aromatic carbocycles. The first-order valence-electron chi connectivity index (χ1n) is 10.4. The number of aliphatic hydroxyl groups excluding tert-OH is 1. The number of allylic oxidation sites excluding steroid dienone is 1. The highest BCUT2D eigenvalue weighted by atomic mass is 16.5. The summed E-state index contributed by atoms with van der Waals surface area (Å²) in [6, 6.07) is 13.2. The third-order valence-electron chi connectivity index (χ3n) is 5.22. The van der Waals surface area contributed by atoms with Gasteiger partial charge in [-0.1, -0.05) is 6.08 Å². The average molecular weight is 494 g/mol. The molecule has 8 N–H and O–H groups in total. The lowest BCUT2D eigenvalue weighted by molar-refractivity contribution is -0.138. The third kappa shape index (κ3) is 5.63. The Morgan fingerprint density at radius 2 is 1.19 bits per heavy atom. The lowest BCUT2D eigenvalue weighted by Crippen LogP contribution is -2.41. The van der Waals surface area contributed by atoms with Crippen molar-refractivity contribution in [1.82, 2.24) is 0 Å². The molecule has 0 spiro atoms. The van der Waals surface area contributed by atoms with Gasteiger partial charge in [-0.05, 0) is 66.7 Å². The van der Waals surface area contributed by atoms with E-state index in [1.54, 1.807) is 0 Å². The molecule has 1 aliphatic carbocycles. The molecule has 0 fully saturated rings. The number of phenolic OH excluding ortho intramolecular Hbond substituents is 5. The second-order valence-electron chi connectivity index (χ2n) is 7.81. The van der Waals surface area contributed by atoms with Gasteiger partial charge in [-0.2, -0.15) is 0 Å². The van der Waals surface area contributed by atoms with Gasteiger partial charge in [0.2, 0.25) is 11.5 Å². The van der Waals surface area contributed by atoms with Crippen LogP contribution in [0.25, 0.3) is 0 Å². The van der Waals surface area contributed by atoms with Gasteiger partial charge < -0.3 is 40.9 Å². The van der Waals surface area contributed by atoms with Crippen molar-refractivity contribution in [3.63, 3.8) is 0 Å². The first-order chi connectivity index (χ1) is 16.9. The van der Waals surface area contributed by atoms with Crippen molar-refractivity contribution in [2.45, 2.75) is 5.79 Å². The Morgan fingerprint density at radius 1 is 0.667 bits per heavy atom. The van der Waals surface area contributed by atoms with Crippen LogP contribution in [0.1, 0.15) is 26.3 Å². The number of aromatic hydroxyl groups is 5. The summed E-state index contributed by atoms with van der Waals surface area (Å²) in [5.74, 6) is -6.85. The van der Waals surface area contributed by atoms with Crippen molar-refractivity contribution in [3.8, 4) is 28.7 Å². The van der Waals surface area contributed by atoms with Crippen molar-refractivity contribution in [1.29, 1.82) is 0 Å². The molecular formula is C26H22O10. The van der Waals surface area contributed by atoms with E-state index in [0.717, 1.165) is 12.1 Å². The van der Waals surface area contributed by atoms with E-state index in [4.69, 9.17) is 20.4 Å². The average Bonchev–Trinajstić information content (AvgIpc) is 2.83. The molecule has 186 valence electrons. The van der Waals surface area contributed by atoms with Crippen molar-refractivity contribution in [2.24, 2.45) is 5.92 Å². The number of hydrogen-bond acceptors (Lipinski definition) is 10. The summed E-state index contributed by atoms with van der Waals surface area (Å²) in [6.45, 7) is 0. The van der Waals surface area contributed by atoms with Gasteiger partial charge in [0, 0.05) is 17.2 Å². The van der Waals surface area contributed by atoms with Crippen LogP contribution in [0, 0.1) is 5.92 Å². The SMILES string of the molecule is O=C(c1ccc(O)cc1)C1C=CC(O)=CC1(O)O.O=C(c1ccc(O)cc1)c1ccc(O)c(O)c1O. The van der Waals surface area contributed by atoms with Gasteiger partial charge in [0.15, 0.2) is 23.1 Å². The van der Waals surface area contributed by atoms with Crippen LogP contribution in [-0.2, 0) is 0 Å². The molecule has 0 heterocycles. The monoisotopic (exact) mass is 494 g/mol. The quantitative estimate of drug-likeness (QED) is 0.152. The zero-order chi connectivity index (χ0) is 26.6. The molecule has 1 unspecified atom stereocenters. The minimum atomic E-state index is -2.42. The van der Waals surface area contributed by atoms with Gasteiger partial charge in [0.1, 0.15) is 17.3 Å². The smallest absolute Gasteiger partial charge is 0.201 e. The number of ketones is 2. The lowest BCUT2D eigenvalue weighted by Gasteiger charge is -2.27. The Kier molecular flexibility index (Phi) is 7.33. The summed E-state index contributed by atoms with van der Waals surface area (Å²) < 4.78 is 0. The molecule has 4 rings (SSSR count). The number of Topliss-reactive ketones (excluding diaryl/α,β-unsaturated/α-hetero) is 1. The largest absolute Gasteiger partial charge is 0.508 e. The fourth-order valence-corrected chi connectivity index (χ4v) is 3.30. The zero-order valence-corrected chi connectivity index (χ0v) is 18.5. The molecule has 1 aliphatic rings. The van der Waals surface area contributed by atoms with E-state index in [-0.39, 0.29) is 33.9 Å². The van der Waals surface area contributed by atoms with E-state index in [2.05, 4.69) is 0 Å². The summed E-state index contributed by atoms with van der Waals surface area (Å²) in [7, 11) is 0. The van der Waals surface area contributed by atoms with Crippen molar-refractivity contribution in [3.05, 3.63) is 101 Å². The van der Waals surface area contributed by atoms with Crippen LogP contribution >= 0.6 is 0 Å². The predicted molar refractivity (Wildman–Crippen MR) is 126 cm³/mol. The molecular weight excluding hydrogens is 472 g/mol. The number of rotatable bonds is 4. The van der Waals surface area contributed by atoms with Gasteiger partial charge in [0.25, 0.3) is 0 Å². The summed E-state index contributed by atoms with van der Waals surface area (Å²) >= 11 is 0. The molecule has 0 aliphatic heterocycles. The molecule has 1 atom stereocenters. The fraction of sp³-hybridized carbons (Fsp3) is 0.0769. The highest BCUT2D eigenvalue weighted by molar-refractivity contribution is 6.11. The molecule has 0 radical (unpaired) electrons. The molecule has 10 heteroatoms. The van der Waals surface area contributed by atoms with Crippen LogP contribution in [0.3, 0.4) is 0 Å². The molecule has 0 saturated heterocycles. The van der Waals surface area contributed by atoms with E-state index in [9.17, 15) is 30.0 Å². The summed E-state index contributed by atoms with van der Waals surface area (Å²) in [6.07, 6.45) is 3.26. The number of phenols is 5. The van der Waals surface area contributed by atoms with E-state index in [1.807, 2.05) is 0 Å². The van der Waals surface area contributed by atoms with Crippen LogP contribution in [0.5, 0.6) is 28.7 Å². The van der Waals surface area contributed by atoms with Crippen LogP contribution in [0.2, 0.25) is 0 Å². The topological polar surface area (TPSA) is 196 Å². The standard InChI is InChI=1S/C13H12O5.C13H10O5/c14-9-3-1-8(2-4-9)12(16)11-6-5-10(15)7-13(11,17)18;14-8-3-1-7(2-4-8)11(16)9-5-6-10(15)13(18)12(9)17/h1-7,11,14-15,17-18H;1-6,14-15,17-18H. The maximum atomic E-state index is 12.1. The molecule has 36 heavy (non-hydrogen) atoms. The zero-order valence-electron chi connectivity index (χ0n) is 18.5. The summed E-state index contributed by atoms with van der Waals surface area (Å²) in [5.41, 5.74) is 0.355. The Morgan fingerprint density at radius 3 is 1.72 bits per heavy atom. The fourth-order valence-electron chi connectivity index (χ4n) is 3.30. The Hall–Kier alpha value is -4.80. The maximum absolute atomic E-state index is 12.1. The second kappa shape index (κ2) is 10.2. The van der Waals surface area contributed by atoms with Crippen molar-refractivity contribution in [2.75, 3.05) is 0 Å². The maximum Gasteiger partial charge on any atom is 0.201 e. The lowest BCUT2D eigenvalue weighted by atomic mass is 9.86. The van der Waals surface area contributed by atoms with E-state index in [1.165, 1.54) is 66.7 Å². The second-order valence-corrected chi connectivity index (χ2v) is 7.81. The normalized spacial score (nSPS) is 15.8. The molecule has 0 bridgehead atoms. The first-order valence-corrected chi connectivity index (χ1v) is 10.4. The number of aliphatic hydroxyl groups is 3. The number of hydrogen-bond donors (Lipinski definition) is 8. The van der Waals surface area contributed by atoms with Crippen molar-refractivity contribution < 1.29 is 50.4 Å².